The third kappa shape index (κ3) is 2.78. The average molecular weight is 287 g/mol. The summed E-state index contributed by atoms with van der Waals surface area (Å²) in [5.41, 5.74) is 6.15. The number of likely N-dealkylation sites (N-methyl/N-ethyl adjacent to an activating group) is 1. The van der Waals surface area contributed by atoms with Gasteiger partial charge >= 0.3 is 0 Å². The number of carbonyl (C=O) groups excluding carboxylic acids is 1. The Hall–Kier alpha value is -0.280. The SMILES string of the molecule is C[C@H](N)C(=O)N(C)CC12CC3CC(CC(C3)C1)C2.Cl. The molecule has 4 saturated carbocycles. The number of nitrogens with zero attached hydrogens (tertiary/aromatic N) is 1. The first kappa shape index (κ1) is 15.1. The van der Waals surface area contributed by atoms with Crippen LogP contribution in [0.1, 0.15) is 45.4 Å². The van der Waals surface area contributed by atoms with Crippen molar-refractivity contribution in [2.45, 2.75) is 51.5 Å². The van der Waals surface area contributed by atoms with Gasteiger partial charge in [-0.15, -0.1) is 12.4 Å². The van der Waals surface area contributed by atoms with Crippen LogP contribution in [0, 0.1) is 23.2 Å². The first-order chi connectivity index (χ1) is 8.47. The number of amides is 1. The number of nitrogens with two attached hydrogens (primary N) is 1. The summed E-state index contributed by atoms with van der Waals surface area (Å²) in [4.78, 5) is 13.9. The molecule has 0 saturated heterocycles. The molecule has 0 heterocycles. The van der Waals surface area contributed by atoms with Gasteiger partial charge in [-0.1, -0.05) is 0 Å². The van der Waals surface area contributed by atoms with Crippen LogP contribution in [0.2, 0.25) is 0 Å². The maximum absolute atomic E-state index is 12.0. The summed E-state index contributed by atoms with van der Waals surface area (Å²) in [6, 6.07) is -0.357. The van der Waals surface area contributed by atoms with Crippen LogP contribution in [0.15, 0.2) is 0 Å². The van der Waals surface area contributed by atoms with Crippen molar-refractivity contribution >= 4 is 18.3 Å². The third-order valence-electron chi connectivity index (χ3n) is 5.50. The van der Waals surface area contributed by atoms with E-state index in [2.05, 4.69) is 0 Å². The second-order valence-electron chi connectivity index (χ2n) is 7.40. The van der Waals surface area contributed by atoms with Crippen LogP contribution in [-0.2, 0) is 4.79 Å². The zero-order valence-electron chi connectivity index (χ0n) is 12.1. The summed E-state index contributed by atoms with van der Waals surface area (Å²) in [5, 5.41) is 0. The Kier molecular flexibility index (Phi) is 4.18. The van der Waals surface area contributed by atoms with Gasteiger partial charge < -0.3 is 10.6 Å². The van der Waals surface area contributed by atoms with Crippen molar-refractivity contribution in [3.63, 3.8) is 0 Å². The van der Waals surface area contributed by atoms with Gasteiger partial charge in [0.05, 0.1) is 6.04 Å². The maximum atomic E-state index is 12.0. The number of rotatable bonds is 3. The van der Waals surface area contributed by atoms with E-state index in [-0.39, 0.29) is 24.4 Å². The molecule has 3 nitrogen and oxygen atoms in total. The Morgan fingerprint density at radius 3 is 2.00 bits per heavy atom. The highest BCUT2D eigenvalue weighted by Gasteiger charge is 2.51. The van der Waals surface area contributed by atoms with Gasteiger partial charge in [0.1, 0.15) is 0 Å². The summed E-state index contributed by atoms with van der Waals surface area (Å²) < 4.78 is 0. The van der Waals surface area contributed by atoms with E-state index < -0.39 is 0 Å². The second-order valence-corrected chi connectivity index (χ2v) is 7.40. The normalized spacial score (nSPS) is 40.7. The Bertz CT molecular complexity index is 321. The molecule has 0 spiro atoms. The van der Waals surface area contributed by atoms with Crippen molar-refractivity contribution in [3.8, 4) is 0 Å². The highest BCUT2D eigenvalue weighted by Crippen LogP contribution is 2.60. The average Bonchev–Trinajstić information content (AvgIpc) is 2.24. The van der Waals surface area contributed by atoms with Crippen molar-refractivity contribution in [1.29, 1.82) is 0 Å². The molecule has 1 amide bonds. The number of carbonyl (C=O) groups is 1. The minimum Gasteiger partial charge on any atom is -0.344 e. The minimum absolute atomic E-state index is 0. The summed E-state index contributed by atoms with van der Waals surface area (Å²) >= 11 is 0. The molecule has 4 heteroatoms. The zero-order chi connectivity index (χ0) is 12.9. The second kappa shape index (κ2) is 5.25. The Balaban J connectivity index is 0.00000133. The van der Waals surface area contributed by atoms with Crippen molar-refractivity contribution in [2.75, 3.05) is 13.6 Å². The molecule has 4 aliphatic rings. The first-order valence-electron chi connectivity index (χ1n) is 7.48. The molecule has 110 valence electrons. The lowest BCUT2D eigenvalue weighted by Gasteiger charge is -2.57. The molecule has 4 fully saturated rings. The van der Waals surface area contributed by atoms with Gasteiger partial charge in [-0.3, -0.25) is 4.79 Å². The van der Waals surface area contributed by atoms with Crippen molar-refractivity contribution in [3.05, 3.63) is 0 Å². The molecular formula is C15H27ClN2O. The number of hydrogen-bond acceptors (Lipinski definition) is 2. The van der Waals surface area contributed by atoms with Gasteiger partial charge in [0.25, 0.3) is 0 Å². The van der Waals surface area contributed by atoms with Gasteiger partial charge in [0.15, 0.2) is 0 Å². The van der Waals surface area contributed by atoms with E-state index in [1.807, 2.05) is 11.9 Å². The molecule has 0 aliphatic heterocycles. The minimum atomic E-state index is -0.357. The van der Waals surface area contributed by atoms with Crippen LogP contribution in [0.25, 0.3) is 0 Å². The molecule has 0 aromatic rings. The standard InChI is InChI=1S/C15H26N2O.ClH/c1-10(16)14(18)17(2)9-15-6-11-3-12(7-15)5-13(4-11)8-15;/h10-13H,3-9,16H2,1-2H3;1H/t10-,11?,12?,13?,15?;/m0./s1. The molecule has 0 radical (unpaired) electrons. The van der Waals surface area contributed by atoms with Crippen molar-refractivity contribution in [1.82, 2.24) is 4.90 Å². The Labute approximate surface area is 122 Å². The van der Waals surface area contributed by atoms with Crippen LogP contribution >= 0.6 is 12.4 Å². The number of halogens is 1. The zero-order valence-corrected chi connectivity index (χ0v) is 12.9. The van der Waals surface area contributed by atoms with Gasteiger partial charge in [0.2, 0.25) is 5.91 Å². The van der Waals surface area contributed by atoms with E-state index in [1.165, 1.54) is 38.5 Å². The molecule has 0 aromatic carbocycles. The van der Waals surface area contributed by atoms with Crippen LogP contribution in [0.3, 0.4) is 0 Å². The molecule has 1 atom stereocenters. The molecule has 19 heavy (non-hydrogen) atoms. The lowest BCUT2D eigenvalue weighted by molar-refractivity contribution is -0.136. The maximum Gasteiger partial charge on any atom is 0.238 e. The van der Waals surface area contributed by atoms with Gasteiger partial charge in [-0.25, -0.2) is 0 Å². The first-order valence-corrected chi connectivity index (χ1v) is 7.48. The fourth-order valence-electron chi connectivity index (χ4n) is 5.41. The lowest BCUT2D eigenvalue weighted by atomic mass is 9.49. The quantitative estimate of drug-likeness (QED) is 0.866. The summed E-state index contributed by atoms with van der Waals surface area (Å²) in [6.07, 6.45) is 8.46. The Morgan fingerprint density at radius 2 is 1.63 bits per heavy atom. The van der Waals surface area contributed by atoms with Crippen LogP contribution < -0.4 is 5.73 Å². The smallest absolute Gasteiger partial charge is 0.238 e. The lowest BCUT2D eigenvalue weighted by Crippen LogP contribution is -2.53. The molecule has 2 N–H and O–H groups in total. The fourth-order valence-corrected chi connectivity index (χ4v) is 5.41. The van der Waals surface area contributed by atoms with Gasteiger partial charge in [-0.2, -0.15) is 0 Å². The summed E-state index contributed by atoms with van der Waals surface area (Å²) in [6.45, 7) is 2.73. The summed E-state index contributed by atoms with van der Waals surface area (Å²) in [7, 11) is 1.93. The van der Waals surface area contributed by atoms with Gasteiger partial charge in [-0.05, 0) is 68.6 Å². The third-order valence-corrected chi connectivity index (χ3v) is 5.50. The molecular weight excluding hydrogens is 260 g/mol. The highest BCUT2D eigenvalue weighted by molar-refractivity contribution is 5.85. The molecule has 0 aromatic heterocycles. The molecule has 4 rings (SSSR count). The van der Waals surface area contributed by atoms with Crippen molar-refractivity contribution in [2.24, 2.45) is 28.9 Å². The van der Waals surface area contributed by atoms with E-state index in [9.17, 15) is 4.79 Å². The van der Waals surface area contributed by atoms with Gasteiger partial charge in [0, 0.05) is 13.6 Å². The van der Waals surface area contributed by atoms with E-state index in [0.29, 0.717) is 5.41 Å². The molecule has 0 unspecified atom stereocenters. The van der Waals surface area contributed by atoms with Crippen LogP contribution in [-0.4, -0.2) is 30.4 Å². The topological polar surface area (TPSA) is 46.3 Å². The summed E-state index contributed by atoms with van der Waals surface area (Å²) in [5.74, 6) is 2.96. The molecule has 4 bridgehead atoms. The Morgan fingerprint density at radius 1 is 1.21 bits per heavy atom. The van der Waals surface area contributed by atoms with E-state index in [4.69, 9.17) is 5.73 Å². The predicted molar refractivity (Wildman–Crippen MR) is 79.1 cm³/mol. The van der Waals surface area contributed by atoms with Crippen molar-refractivity contribution < 1.29 is 4.79 Å². The largest absolute Gasteiger partial charge is 0.344 e. The number of hydrogen-bond donors (Lipinski definition) is 1. The fraction of sp³-hybridized carbons (Fsp3) is 0.933. The highest BCUT2D eigenvalue weighted by atomic mass is 35.5. The van der Waals surface area contributed by atoms with E-state index in [1.54, 1.807) is 6.92 Å². The molecule has 4 aliphatic carbocycles. The van der Waals surface area contributed by atoms with E-state index in [0.717, 1.165) is 24.3 Å². The van der Waals surface area contributed by atoms with Crippen LogP contribution in [0.4, 0.5) is 0 Å². The van der Waals surface area contributed by atoms with Crippen LogP contribution in [0.5, 0.6) is 0 Å². The predicted octanol–water partition coefficient (Wildman–Crippen LogP) is 2.43. The van der Waals surface area contributed by atoms with E-state index >= 15 is 0 Å². The monoisotopic (exact) mass is 286 g/mol.